The van der Waals surface area contributed by atoms with Gasteiger partial charge >= 0.3 is 0 Å². The van der Waals surface area contributed by atoms with Gasteiger partial charge in [-0.3, -0.25) is 9.69 Å². The van der Waals surface area contributed by atoms with Crippen LogP contribution in [0.25, 0.3) is 6.08 Å². The first-order valence-corrected chi connectivity index (χ1v) is 9.87. The number of hydrogen-bond acceptors (Lipinski definition) is 5. The Hall–Kier alpha value is -2.87. The Morgan fingerprint density at radius 1 is 1.17 bits per heavy atom. The van der Waals surface area contributed by atoms with E-state index in [0.717, 1.165) is 29.5 Å². The second-order valence-corrected chi connectivity index (χ2v) is 8.03. The number of aliphatic imine (C=N–C) groups is 1. The lowest BCUT2D eigenvalue weighted by Crippen LogP contribution is -2.32. The number of benzene rings is 2. The van der Waals surface area contributed by atoms with E-state index < -0.39 is 11.6 Å². The SMILES string of the molecule is CC(C)CN1C(=O)/C(=C\c2ccc3c(c2)OCO3)SC1=Nc1ccc(F)cc1F. The number of halogens is 2. The molecule has 2 aliphatic heterocycles. The van der Waals surface area contributed by atoms with E-state index in [9.17, 15) is 13.6 Å². The highest BCUT2D eigenvalue weighted by Crippen LogP contribution is 2.37. The molecule has 1 fully saturated rings. The van der Waals surface area contributed by atoms with Crippen molar-refractivity contribution in [2.75, 3.05) is 13.3 Å². The van der Waals surface area contributed by atoms with E-state index in [-0.39, 0.29) is 24.3 Å². The van der Waals surface area contributed by atoms with E-state index in [1.807, 2.05) is 19.9 Å². The fourth-order valence-corrected chi connectivity index (χ4v) is 3.95. The van der Waals surface area contributed by atoms with Gasteiger partial charge in [0.1, 0.15) is 11.5 Å². The molecule has 1 amide bonds. The molecule has 2 aromatic carbocycles. The number of amidine groups is 1. The highest BCUT2D eigenvalue weighted by Gasteiger charge is 2.34. The fraction of sp³-hybridized carbons (Fsp3) is 0.238. The highest BCUT2D eigenvalue weighted by molar-refractivity contribution is 8.18. The van der Waals surface area contributed by atoms with Gasteiger partial charge in [0.05, 0.1) is 4.91 Å². The van der Waals surface area contributed by atoms with Crippen LogP contribution in [0.15, 0.2) is 46.3 Å². The van der Waals surface area contributed by atoms with E-state index in [1.54, 1.807) is 18.2 Å². The molecule has 0 radical (unpaired) electrons. The van der Waals surface area contributed by atoms with Crippen LogP contribution in [-0.4, -0.2) is 29.3 Å². The molecule has 0 atom stereocenters. The Balaban J connectivity index is 1.68. The van der Waals surface area contributed by atoms with Crippen molar-refractivity contribution in [1.29, 1.82) is 0 Å². The number of fused-ring (bicyclic) bond motifs is 1. The molecule has 0 spiro atoms. The first kappa shape index (κ1) is 19.4. The molecule has 150 valence electrons. The van der Waals surface area contributed by atoms with Crippen molar-refractivity contribution >= 4 is 34.6 Å². The molecule has 2 aliphatic rings. The number of rotatable bonds is 4. The minimum absolute atomic E-state index is 0.0141. The monoisotopic (exact) mass is 416 g/mol. The lowest BCUT2D eigenvalue weighted by molar-refractivity contribution is -0.122. The van der Waals surface area contributed by atoms with Crippen molar-refractivity contribution < 1.29 is 23.0 Å². The molecule has 4 rings (SSSR count). The van der Waals surface area contributed by atoms with Crippen LogP contribution in [0, 0.1) is 17.6 Å². The average molecular weight is 416 g/mol. The van der Waals surface area contributed by atoms with E-state index in [2.05, 4.69) is 4.99 Å². The Labute approximate surface area is 171 Å². The van der Waals surface area contributed by atoms with Crippen LogP contribution in [0.5, 0.6) is 11.5 Å². The number of thioether (sulfide) groups is 1. The lowest BCUT2D eigenvalue weighted by Gasteiger charge is -2.17. The number of nitrogens with zero attached hydrogens (tertiary/aromatic N) is 2. The largest absolute Gasteiger partial charge is 0.454 e. The molecule has 0 N–H and O–H groups in total. The van der Waals surface area contributed by atoms with Crippen molar-refractivity contribution in [1.82, 2.24) is 4.90 Å². The van der Waals surface area contributed by atoms with E-state index in [1.165, 1.54) is 11.0 Å². The fourth-order valence-electron chi connectivity index (χ4n) is 2.95. The van der Waals surface area contributed by atoms with Crippen molar-refractivity contribution in [3.8, 4) is 11.5 Å². The van der Waals surface area contributed by atoms with Crippen LogP contribution < -0.4 is 9.47 Å². The molecular weight excluding hydrogens is 398 g/mol. The normalized spacial score (nSPS) is 18.5. The van der Waals surface area contributed by atoms with Crippen LogP contribution in [0.2, 0.25) is 0 Å². The van der Waals surface area contributed by atoms with Crippen molar-refractivity contribution in [2.45, 2.75) is 13.8 Å². The van der Waals surface area contributed by atoms with Crippen molar-refractivity contribution in [2.24, 2.45) is 10.9 Å². The van der Waals surface area contributed by atoms with Gasteiger partial charge in [-0.15, -0.1) is 0 Å². The van der Waals surface area contributed by atoms with Crippen molar-refractivity contribution in [3.63, 3.8) is 0 Å². The predicted molar refractivity (Wildman–Crippen MR) is 108 cm³/mol. The molecule has 0 saturated carbocycles. The molecule has 0 aromatic heterocycles. The Morgan fingerprint density at radius 2 is 1.97 bits per heavy atom. The van der Waals surface area contributed by atoms with Gasteiger partial charge in [-0.05, 0) is 53.6 Å². The molecule has 8 heteroatoms. The summed E-state index contributed by atoms with van der Waals surface area (Å²) in [6, 6.07) is 8.58. The van der Waals surface area contributed by atoms with E-state index >= 15 is 0 Å². The minimum atomic E-state index is -0.775. The first-order valence-electron chi connectivity index (χ1n) is 9.05. The van der Waals surface area contributed by atoms with E-state index in [4.69, 9.17) is 9.47 Å². The summed E-state index contributed by atoms with van der Waals surface area (Å²) in [4.78, 5) is 19.2. The van der Waals surface area contributed by atoms with Gasteiger partial charge in [0, 0.05) is 12.6 Å². The third-order valence-corrected chi connectivity index (χ3v) is 5.26. The molecule has 0 bridgehead atoms. The maximum atomic E-state index is 14.1. The molecule has 29 heavy (non-hydrogen) atoms. The van der Waals surface area contributed by atoms with Gasteiger partial charge in [0.15, 0.2) is 22.5 Å². The average Bonchev–Trinajstić information content (AvgIpc) is 3.23. The van der Waals surface area contributed by atoms with Gasteiger partial charge < -0.3 is 9.47 Å². The second-order valence-electron chi connectivity index (χ2n) is 7.02. The molecule has 2 heterocycles. The minimum Gasteiger partial charge on any atom is -0.454 e. The number of ether oxygens (including phenoxy) is 2. The summed E-state index contributed by atoms with van der Waals surface area (Å²) in [6.07, 6.45) is 1.74. The van der Waals surface area contributed by atoms with Gasteiger partial charge in [-0.1, -0.05) is 19.9 Å². The van der Waals surface area contributed by atoms with Gasteiger partial charge in [0.25, 0.3) is 5.91 Å². The standard InChI is InChI=1S/C21H18F2N2O3S/c1-12(2)10-25-20(26)19(8-13-3-6-17-18(7-13)28-11-27-17)29-21(25)24-16-5-4-14(22)9-15(16)23/h3-9,12H,10-11H2,1-2H3/b19-8+,24-21?. The zero-order chi connectivity index (χ0) is 20.5. The van der Waals surface area contributed by atoms with Crippen LogP contribution in [0.3, 0.4) is 0 Å². The van der Waals surface area contributed by atoms with Crippen molar-refractivity contribution in [3.05, 3.63) is 58.5 Å². The highest BCUT2D eigenvalue weighted by atomic mass is 32.2. The van der Waals surface area contributed by atoms with Gasteiger partial charge in [-0.25, -0.2) is 13.8 Å². The molecule has 0 unspecified atom stereocenters. The summed E-state index contributed by atoms with van der Waals surface area (Å²) in [7, 11) is 0. The zero-order valence-corrected chi connectivity index (χ0v) is 16.6. The number of carbonyl (C=O) groups excluding carboxylic acids is 1. The Kier molecular flexibility index (Phi) is 5.27. The van der Waals surface area contributed by atoms with Gasteiger partial charge in [0.2, 0.25) is 6.79 Å². The van der Waals surface area contributed by atoms with Crippen LogP contribution in [0.4, 0.5) is 14.5 Å². The summed E-state index contributed by atoms with van der Waals surface area (Å²) in [6.45, 7) is 4.57. The summed E-state index contributed by atoms with van der Waals surface area (Å²) < 4.78 is 37.9. The topological polar surface area (TPSA) is 51.1 Å². The maximum Gasteiger partial charge on any atom is 0.266 e. The quantitative estimate of drug-likeness (QED) is 0.662. The van der Waals surface area contributed by atoms with Crippen LogP contribution >= 0.6 is 11.8 Å². The van der Waals surface area contributed by atoms with Crippen LogP contribution in [-0.2, 0) is 4.79 Å². The van der Waals surface area contributed by atoms with E-state index in [0.29, 0.717) is 28.1 Å². The van der Waals surface area contributed by atoms with Gasteiger partial charge in [-0.2, -0.15) is 0 Å². The molecule has 5 nitrogen and oxygen atoms in total. The third-order valence-electron chi connectivity index (χ3n) is 4.26. The molecular formula is C21H18F2N2O3S. The first-order chi connectivity index (χ1) is 13.9. The van der Waals surface area contributed by atoms with Crippen LogP contribution in [0.1, 0.15) is 19.4 Å². The smallest absolute Gasteiger partial charge is 0.266 e. The summed E-state index contributed by atoms with van der Waals surface area (Å²) in [5.41, 5.74) is 0.767. The Morgan fingerprint density at radius 3 is 2.72 bits per heavy atom. The summed E-state index contributed by atoms with van der Waals surface area (Å²) in [5, 5.41) is 0.362. The molecule has 2 aromatic rings. The zero-order valence-electron chi connectivity index (χ0n) is 15.8. The number of hydrogen-bond donors (Lipinski definition) is 0. The summed E-state index contributed by atoms with van der Waals surface area (Å²) in [5.74, 6) is -0.188. The molecule has 0 aliphatic carbocycles. The predicted octanol–water partition coefficient (Wildman–Crippen LogP) is 4.95. The number of amides is 1. The number of carbonyl (C=O) groups is 1. The summed E-state index contributed by atoms with van der Waals surface area (Å²) >= 11 is 1.16. The Bertz CT molecular complexity index is 1040. The lowest BCUT2D eigenvalue weighted by atomic mass is 10.1. The maximum absolute atomic E-state index is 14.1. The molecule has 1 saturated heterocycles. The second kappa shape index (κ2) is 7.87. The third kappa shape index (κ3) is 4.12.